The standard InChI is InChI=1S/C13H16FN3O2/c1-6-10(14)12(16-5-15-6)17-11-8-3-2-7(4-8)9(11)13(18)19/h5,7-9,11H,2-4H2,1H3,(H,18,19)(H,15,16,17). The van der Waals surface area contributed by atoms with Gasteiger partial charge in [0.25, 0.3) is 0 Å². The molecular formula is C13H16FN3O2. The maximum absolute atomic E-state index is 13.9. The van der Waals surface area contributed by atoms with Crippen molar-refractivity contribution < 1.29 is 14.3 Å². The Bertz CT molecular complexity index is 523. The fourth-order valence-electron chi connectivity index (χ4n) is 3.57. The molecule has 2 saturated carbocycles. The van der Waals surface area contributed by atoms with E-state index >= 15 is 0 Å². The molecular weight excluding hydrogens is 249 g/mol. The number of aryl methyl sites for hydroxylation is 1. The van der Waals surface area contributed by atoms with Gasteiger partial charge >= 0.3 is 5.97 Å². The van der Waals surface area contributed by atoms with E-state index in [1.165, 1.54) is 6.33 Å². The van der Waals surface area contributed by atoms with E-state index in [-0.39, 0.29) is 23.5 Å². The number of rotatable bonds is 3. The number of carbonyl (C=O) groups is 1. The molecule has 2 aliphatic carbocycles. The molecule has 2 fully saturated rings. The largest absolute Gasteiger partial charge is 0.481 e. The first-order valence-corrected chi connectivity index (χ1v) is 6.54. The van der Waals surface area contributed by atoms with Gasteiger partial charge in [0.2, 0.25) is 0 Å². The van der Waals surface area contributed by atoms with Gasteiger partial charge in [-0.1, -0.05) is 0 Å². The highest BCUT2D eigenvalue weighted by molar-refractivity contribution is 5.73. The van der Waals surface area contributed by atoms with E-state index in [1.807, 2.05) is 0 Å². The lowest BCUT2D eigenvalue weighted by Crippen LogP contribution is -2.39. The van der Waals surface area contributed by atoms with Crippen LogP contribution in [0.1, 0.15) is 25.0 Å². The van der Waals surface area contributed by atoms with E-state index < -0.39 is 17.7 Å². The third kappa shape index (κ3) is 1.95. The Hall–Kier alpha value is -1.72. The topological polar surface area (TPSA) is 75.1 Å². The number of hydrogen-bond acceptors (Lipinski definition) is 4. The fraction of sp³-hybridized carbons (Fsp3) is 0.615. The molecule has 0 amide bonds. The zero-order chi connectivity index (χ0) is 13.6. The molecule has 3 rings (SSSR count). The molecule has 0 aliphatic heterocycles. The molecule has 2 N–H and O–H groups in total. The van der Waals surface area contributed by atoms with E-state index in [9.17, 15) is 14.3 Å². The molecule has 4 atom stereocenters. The van der Waals surface area contributed by atoms with Crippen molar-refractivity contribution in [2.24, 2.45) is 17.8 Å². The van der Waals surface area contributed by atoms with Crippen molar-refractivity contribution in [2.75, 3.05) is 5.32 Å². The number of carboxylic acids is 1. The first-order valence-electron chi connectivity index (χ1n) is 6.54. The van der Waals surface area contributed by atoms with Gasteiger partial charge in [-0.05, 0) is 38.0 Å². The Morgan fingerprint density at radius 3 is 2.89 bits per heavy atom. The van der Waals surface area contributed by atoms with E-state index in [0.717, 1.165) is 19.3 Å². The summed E-state index contributed by atoms with van der Waals surface area (Å²) in [6.45, 7) is 1.57. The summed E-state index contributed by atoms with van der Waals surface area (Å²) in [7, 11) is 0. The summed E-state index contributed by atoms with van der Waals surface area (Å²) < 4.78 is 13.9. The quantitative estimate of drug-likeness (QED) is 0.872. The Kier molecular flexibility index (Phi) is 2.88. The second kappa shape index (κ2) is 4.43. The molecule has 2 bridgehead atoms. The third-order valence-electron chi connectivity index (χ3n) is 4.47. The van der Waals surface area contributed by atoms with Gasteiger partial charge in [0.05, 0.1) is 11.6 Å². The van der Waals surface area contributed by atoms with Crippen LogP contribution in [0.15, 0.2) is 6.33 Å². The van der Waals surface area contributed by atoms with Crippen LogP contribution in [0, 0.1) is 30.5 Å². The van der Waals surface area contributed by atoms with E-state index in [4.69, 9.17) is 0 Å². The minimum absolute atomic E-state index is 0.122. The van der Waals surface area contributed by atoms with Crippen molar-refractivity contribution in [3.05, 3.63) is 17.8 Å². The third-order valence-corrected chi connectivity index (χ3v) is 4.47. The van der Waals surface area contributed by atoms with Crippen LogP contribution in [0.4, 0.5) is 10.2 Å². The van der Waals surface area contributed by atoms with Crippen molar-refractivity contribution in [2.45, 2.75) is 32.2 Å². The number of carboxylic acid groups (broad SMARTS) is 1. The van der Waals surface area contributed by atoms with Crippen molar-refractivity contribution in [1.29, 1.82) is 0 Å². The van der Waals surface area contributed by atoms with Crippen molar-refractivity contribution in [1.82, 2.24) is 9.97 Å². The summed E-state index contributed by atoms with van der Waals surface area (Å²) in [5.74, 6) is -1.08. The minimum atomic E-state index is -0.795. The minimum Gasteiger partial charge on any atom is -0.481 e. The lowest BCUT2D eigenvalue weighted by Gasteiger charge is -2.29. The van der Waals surface area contributed by atoms with Crippen molar-refractivity contribution in [3.8, 4) is 0 Å². The number of hydrogen-bond donors (Lipinski definition) is 2. The molecule has 6 heteroatoms. The lowest BCUT2D eigenvalue weighted by atomic mass is 9.84. The Labute approximate surface area is 110 Å². The summed E-state index contributed by atoms with van der Waals surface area (Å²) in [5, 5.41) is 12.3. The molecule has 0 radical (unpaired) electrons. The van der Waals surface area contributed by atoms with Crippen LogP contribution >= 0.6 is 0 Å². The van der Waals surface area contributed by atoms with Crippen molar-refractivity contribution in [3.63, 3.8) is 0 Å². The number of aliphatic carboxylic acids is 1. The van der Waals surface area contributed by atoms with Crippen LogP contribution in [-0.2, 0) is 4.79 Å². The second-order valence-electron chi connectivity index (χ2n) is 5.49. The number of nitrogens with one attached hydrogen (secondary N) is 1. The van der Waals surface area contributed by atoms with Crippen LogP contribution < -0.4 is 5.32 Å². The van der Waals surface area contributed by atoms with Crippen LogP contribution in [0.2, 0.25) is 0 Å². The van der Waals surface area contributed by atoms with Crippen LogP contribution in [0.25, 0.3) is 0 Å². The highest BCUT2D eigenvalue weighted by atomic mass is 19.1. The molecule has 102 valence electrons. The van der Waals surface area contributed by atoms with Crippen LogP contribution in [-0.4, -0.2) is 27.1 Å². The van der Waals surface area contributed by atoms with Crippen LogP contribution in [0.5, 0.6) is 0 Å². The summed E-state index contributed by atoms with van der Waals surface area (Å²) in [5.41, 5.74) is 0.271. The highest BCUT2D eigenvalue weighted by Crippen LogP contribution is 2.49. The molecule has 4 unspecified atom stereocenters. The van der Waals surface area contributed by atoms with Gasteiger partial charge in [0.1, 0.15) is 6.33 Å². The molecule has 1 aromatic heterocycles. The first kappa shape index (κ1) is 12.3. The molecule has 0 saturated heterocycles. The Morgan fingerprint density at radius 2 is 2.16 bits per heavy atom. The molecule has 0 spiro atoms. The molecule has 1 aromatic rings. The maximum atomic E-state index is 13.9. The van der Waals surface area contributed by atoms with Gasteiger partial charge < -0.3 is 10.4 Å². The normalized spacial score (nSPS) is 32.5. The predicted octanol–water partition coefficient (Wildman–Crippen LogP) is 1.84. The van der Waals surface area contributed by atoms with Gasteiger partial charge in [-0.3, -0.25) is 4.79 Å². The average Bonchev–Trinajstić information content (AvgIpc) is 2.95. The van der Waals surface area contributed by atoms with Gasteiger partial charge in [-0.25, -0.2) is 14.4 Å². The van der Waals surface area contributed by atoms with Gasteiger partial charge in [-0.15, -0.1) is 0 Å². The zero-order valence-electron chi connectivity index (χ0n) is 10.6. The summed E-state index contributed by atoms with van der Waals surface area (Å²) in [4.78, 5) is 19.0. The number of fused-ring (bicyclic) bond motifs is 2. The molecule has 2 aliphatic rings. The summed E-state index contributed by atoms with van der Waals surface area (Å²) in [6, 6.07) is -0.222. The van der Waals surface area contributed by atoms with Gasteiger partial charge in [0.15, 0.2) is 11.6 Å². The summed E-state index contributed by atoms with van der Waals surface area (Å²) >= 11 is 0. The van der Waals surface area contributed by atoms with Gasteiger partial charge in [-0.2, -0.15) is 0 Å². The number of aromatic nitrogens is 2. The predicted molar refractivity (Wildman–Crippen MR) is 66.1 cm³/mol. The second-order valence-corrected chi connectivity index (χ2v) is 5.49. The Balaban J connectivity index is 1.86. The van der Waals surface area contributed by atoms with Gasteiger partial charge in [0, 0.05) is 6.04 Å². The van der Waals surface area contributed by atoms with Crippen molar-refractivity contribution >= 4 is 11.8 Å². The Morgan fingerprint density at radius 1 is 1.42 bits per heavy atom. The van der Waals surface area contributed by atoms with E-state index in [1.54, 1.807) is 6.92 Å². The summed E-state index contributed by atoms with van der Waals surface area (Å²) in [6.07, 6.45) is 4.19. The fourth-order valence-corrected chi connectivity index (χ4v) is 3.57. The monoisotopic (exact) mass is 265 g/mol. The maximum Gasteiger partial charge on any atom is 0.308 e. The molecule has 0 aromatic carbocycles. The number of nitrogens with zero attached hydrogens (tertiary/aromatic N) is 2. The molecule has 19 heavy (non-hydrogen) atoms. The SMILES string of the molecule is Cc1ncnc(NC2C3CCC(C3)C2C(=O)O)c1F. The molecule has 1 heterocycles. The first-order chi connectivity index (χ1) is 9.08. The highest BCUT2D eigenvalue weighted by Gasteiger charge is 2.51. The number of anilines is 1. The lowest BCUT2D eigenvalue weighted by molar-refractivity contribution is -0.143. The van der Waals surface area contributed by atoms with E-state index in [2.05, 4.69) is 15.3 Å². The zero-order valence-corrected chi connectivity index (χ0v) is 10.6. The smallest absolute Gasteiger partial charge is 0.308 e. The van der Waals surface area contributed by atoms with Crippen LogP contribution in [0.3, 0.4) is 0 Å². The average molecular weight is 265 g/mol. The molecule has 5 nitrogen and oxygen atoms in total. The number of halogens is 1. The van der Waals surface area contributed by atoms with E-state index in [0.29, 0.717) is 5.92 Å².